The SMILES string of the molecule is O=C(Cc1ccsc1)NCCCC1CCCCC1. The van der Waals surface area contributed by atoms with Crippen molar-refractivity contribution >= 4 is 17.2 Å². The van der Waals surface area contributed by atoms with E-state index in [4.69, 9.17) is 0 Å². The molecule has 1 aliphatic carbocycles. The molecule has 0 unspecified atom stereocenters. The lowest BCUT2D eigenvalue weighted by Gasteiger charge is -2.21. The highest BCUT2D eigenvalue weighted by Gasteiger charge is 2.12. The number of carbonyl (C=O) groups excluding carboxylic acids is 1. The van der Waals surface area contributed by atoms with E-state index in [1.807, 2.05) is 16.8 Å². The molecular weight excluding hydrogens is 242 g/mol. The Bertz CT molecular complexity index is 341. The summed E-state index contributed by atoms with van der Waals surface area (Å²) in [7, 11) is 0. The van der Waals surface area contributed by atoms with Crippen molar-refractivity contribution < 1.29 is 4.79 Å². The molecule has 1 saturated carbocycles. The monoisotopic (exact) mass is 265 g/mol. The molecule has 0 atom stereocenters. The third-order valence-corrected chi connectivity index (χ3v) is 4.51. The van der Waals surface area contributed by atoms with Crippen molar-refractivity contribution in [1.29, 1.82) is 0 Å². The molecule has 1 heterocycles. The van der Waals surface area contributed by atoms with E-state index in [2.05, 4.69) is 5.32 Å². The number of carbonyl (C=O) groups is 1. The number of amides is 1. The minimum absolute atomic E-state index is 0.164. The van der Waals surface area contributed by atoms with Crippen molar-refractivity contribution in [2.24, 2.45) is 5.92 Å². The largest absolute Gasteiger partial charge is 0.356 e. The number of hydrogen-bond donors (Lipinski definition) is 1. The molecule has 100 valence electrons. The van der Waals surface area contributed by atoms with Gasteiger partial charge >= 0.3 is 0 Å². The molecule has 1 fully saturated rings. The molecule has 0 aliphatic heterocycles. The lowest BCUT2D eigenvalue weighted by atomic mass is 9.86. The van der Waals surface area contributed by atoms with Crippen molar-refractivity contribution in [2.45, 2.75) is 51.4 Å². The maximum atomic E-state index is 11.7. The van der Waals surface area contributed by atoms with Gasteiger partial charge in [-0.25, -0.2) is 0 Å². The summed E-state index contributed by atoms with van der Waals surface area (Å²) in [5.41, 5.74) is 1.13. The molecule has 2 nitrogen and oxygen atoms in total. The first-order chi connectivity index (χ1) is 8.84. The number of thiophene rings is 1. The molecule has 3 heteroatoms. The summed E-state index contributed by atoms with van der Waals surface area (Å²) in [4.78, 5) is 11.7. The first-order valence-corrected chi connectivity index (χ1v) is 8.06. The van der Waals surface area contributed by atoms with Crippen LogP contribution < -0.4 is 5.32 Å². The van der Waals surface area contributed by atoms with Gasteiger partial charge in [-0.15, -0.1) is 0 Å². The van der Waals surface area contributed by atoms with Gasteiger partial charge in [-0.3, -0.25) is 4.79 Å². The average Bonchev–Trinajstić information content (AvgIpc) is 2.89. The van der Waals surface area contributed by atoms with Crippen LogP contribution in [0.4, 0.5) is 0 Å². The average molecular weight is 265 g/mol. The summed E-state index contributed by atoms with van der Waals surface area (Å²) in [5, 5.41) is 7.09. The van der Waals surface area contributed by atoms with Crippen LogP contribution in [0.1, 0.15) is 50.5 Å². The normalized spacial score (nSPS) is 16.7. The number of nitrogens with one attached hydrogen (secondary N) is 1. The van der Waals surface area contributed by atoms with Gasteiger partial charge in [-0.1, -0.05) is 32.1 Å². The van der Waals surface area contributed by atoms with Gasteiger partial charge in [-0.05, 0) is 41.1 Å². The Hall–Kier alpha value is -0.830. The van der Waals surface area contributed by atoms with E-state index in [0.717, 1.165) is 24.4 Å². The molecule has 0 spiro atoms. The standard InChI is InChI=1S/C15H23NOS/c17-15(11-14-8-10-18-12-14)16-9-4-7-13-5-2-1-3-6-13/h8,10,12-13H,1-7,9,11H2,(H,16,17). The van der Waals surface area contributed by atoms with Gasteiger partial charge < -0.3 is 5.32 Å². The maximum Gasteiger partial charge on any atom is 0.224 e. The highest BCUT2D eigenvalue weighted by Crippen LogP contribution is 2.26. The van der Waals surface area contributed by atoms with E-state index < -0.39 is 0 Å². The molecule has 0 radical (unpaired) electrons. The number of rotatable bonds is 6. The fourth-order valence-electron chi connectivity index (χ4n) is 2.74. The molecular formula is C15H23NOS. The van der Waals surface area contributed by atoms with Gasteiger partial charge in [0, 0.05) is 6.54 Å². The first kappa shape index (κ1) is 13.6. The fourth-order valence-corrected chi connectivity index (χ4v) is 3.40. The summed E-state index contributed by atoms with van der Waals surface area (Å²) < 4.78 is 0. The zero-order chi connectivity index (χ0) is 12.6. The number of hydrogen-bond acceptors (Lipinski definition) is 2. The second-order valence-electron chi connectivity index (χ2n) is 5.30. The fraction of sp³-hybridized carbons (Fsp3) is 0.667. The van der Waals surface area contributed by atoms with Gasteiger partial charge in [0.15, 0.2) is 0 Å². The van der Waals surface area contributed by atoms with Gasteiger partial charge in [0.2, 0.25) is 5.91 Å². The second kappa shape index (κ2) is 7.57. The molecule has 0 saturated heterocycles. The van der Waals surface area contributed by atoms with E-state index >= 15 is 0 Å². The highest BCUT2D eigenvalue weighted by molar-refractivity contribution is 7.07. The van der Waals surface area contributed by atoms with E-state index in [1.165, 1.54) is 38.5 Å². The summed E-state index contributed by atoms with van der Waals surface area (Å²) >= 11 is 1.65. The zero-order valence-electron chi connectivity index (χ0n) is 11.0. The van der Waals surface area contributed by atoms with Crippen molar-refractivity contribution in [1.82, 2.24) is 5.32 Å². The summed E-state index contributed by atoms with van der Waals surface area (Å²) in [5.74, 6) is 1.09. The van der Waals surface area contributed by atoms with E-state index in [-0.39, 0.29) is 5.91 Å². The van der Waals surface area contributed by atoms with Crippen molar-refractivity contribution in [3.05, 3.63) is 22.4 Å². The molecule has 1 aromatic rings. The Kier molecular flexibility index (Phi) is 5.72. The molecule has 1 N–H and O–H groups in total. The van der Waals surface area contributed by atoms with Crippen LogP contribution in [0.25, 0.3) is 0 Å². The van der Waals surface area contributed by atoms with Crippen LogP contribution in [-0.4, -0.2) is 12.5 Å². The van der Waals surface area contributed by atoms with Gasteiger partial charge in [0.1, 0.15) is 0 Å². The Balaban J connectivity index is 1.53. The van der Waals surface area contributed by atoms with Crippen molar-refractivity contribution in [2.75, 3.05) is 6.54 Å². The third-order valence-electron chi connectivity index (χ3n) is 3.78. The smallest absolute Gasteiger partial charge is 0.224 e. The molecule has 18 heavy (non-hydrogen) atoms. The Morgan fingerprint density at radius 2 is 2.17 bits per heavy atom. The van der Waals surface area contributed by atoms with Crippen LogP contribution in [0, 0.1) is 5.92 Å². The quantitative estimate of drug-likeness (QED) is 0.779. The van der Waals surface area contributed by atoms with Crippen LogP contribution in [0.3, 0.4) is 0 Å². The minimum Gasteiger partial charge on any atom is -0.356 e. The van der Waals surface area contributed by atoms with E-state index in [9.17, 15) is 4.79 Å². The summed E-state index contributed by atoms with van der Waals surface area (Å²) in [6.07, 6.45) is 10.0. The Morgan fingerprint density at radius 3 is 2.89 bits per heavy atom. The van der Waals surface area contributed by atoms with Crippen LogP contribution in [0.15, 0.2) is 16.8 Å². The molecule has 1 aliphatic rings. The minimum atomic E-state index is 0.164. The van der Waals surface area contributed by atoms with Crippen LogP contribution in [-0.2, 0) is 11.2 Å². The lowest BCUT2D eigenvalue weighted by molar-refractivity contribution is -0.120. The topological polar surface area (TPSA) is 29.1 Å². The van der Waals surface area contributed by atoms with E-state index in [1.54, 1.807) is 11.3 Å². The predicted octanol–water partition coefficient (Wildman–Crippen LogP) is 3.77. The summed E-state index contributed by atoms with van der Waals surface area (Å²) in [6, 6.07) is 2.02. The highest BCUT2D eigenvalue weighted by atomic mass is 32.1. The van der Waals surface area contributed by atoms with Gasteiger partial charge in [-0.2, -0.15) is 11.3 Å². The Labute approximate surface area is 114 Å². The second-order valence-corrected chi connectivity index (χ2v) is 6.08. The molecule has 0 bridgehead atoms. The van der Waals surface area contributed by atoms with Gasteiger partial charge in [0.05, 0.1) is 6.42 Å². The first-order valence-electron chi connectivity index (χ1n) is 7.12. The molecule has 0 aromatic carbocycles. The Morgan fingerprint density at radius 1 is 1.33 bits per heavy atom. The van der Waals surface area contributed by atoms with Crippen LogP contribution in [0.2, 0.25) is 0 Å². The zero-order valence-corrected chi connectivity index (χ0v) is 11.8. The maximum absolute atomic E-state index is 11.7. The third kappa shape index (κ3) is 4.81. The lowest BCUT2D eigenvalue weighted by Crippen LogP contribution is -2.26. The van der Waals surface area contributed by atoms with Crippen molar-refractivity contribution in [3.8, 4) is 0 Å². The van der Waals surface area contributed by atoms with Gasteiger partial charge in [0.25, 0.3) is 0 Å². The van der Waals surface area contributed by atoms with Crippen LogP contribution in [0.5, 0.6) is 0 Å². The molecule has 1 amide bonds. The van der Waals surface area contributed by atoms with E-state index in [0.29, 0.717) is 6.42 Å². The molecule has 1 aromatic heterocycles. The molecule has 2 rings (SSSR count). The van der Waals surface area contributed by atoms with Crippen LogP contribution >= 0.6 is 11.3 Å². The van der Waals surface area contributed by atoms with Crippen molar-refractivity contribution in [3.63, 3.8) is 0 Å². The summed E-state index contributed by atoms with van der Waals surface area (Å²) in [6.45, 7) is 0.847. The predicted molar refractivity (Wildman–Crippen MR) is 76.8 cm³/mol.